The van der Waals surface area contributed by atoms with Crippen LogP contribution in [0.4, 0.5) is 13.2 Å². The van der Waals surface area contributed by atoms with Crippen LogP contribution >= 0.6 is 0 Å². The standard InChI is InChI=1S/C7H13F3N2/c1-6-4-12(3-2-11-6)5-7(8,9)10/h6,11H,2-5H2,1H3/t6-/m1/s1. The summed E-state index contributed by atoms with van der Waals surface area (Å²) in [6.45, 7) is 2.74. The summed E-state index contributed by atoms with van der Waals surface area (Å²) >= 11 is 0. The SMILES string of the molecule is C[C@@H]1CN(CC(F)(F)F)CCN1. The molecule has 0 aliphatic carbocycles. The lowest BCUT2D eigenvalue weighted by Crippen LogP contribution is -2.51. The van der Waals surface area contributed by atoms with Crippen LogP contribution in [0.1, 0.15) is 6.92 Å². The highest BCUT2D eigenvalue weighted by molar-refractivity contribution is 4.76. The molecule has 0 bridgehead atoms. The first-order valence-electron chi connectivity index (χ1n) is 4.00. The summed E-state index contributed by atoms with van der Waals surface area (Å²) in [7, 11) is 0. The first-order valence-corrected chi connectivity index (χ1v) is 4.00. The Hall–Kier alpha value is -0.290. The van der Waals surface area contributed by atoms with Crippen LogP contribution in [0, 0.1) is 0 Å². The predicted molar refractivity (Wildman–Crippen MR) is 40.0 cm³/mol. The van der Waals surface area contributed by atoms with Crippen molar-refractivity contribution < 1.29 is 13.2 Å². The van der Waals surface area contributed by atoms with E-state index in [-0.39, 0.29) is 6.04 Å². The Balaban J connectivity index is 2.32. The number of piperazine rings is 1. The Morgan fingerprint density at radius 1 is 1.50 bits per heavy atom. The molecule has 1 aliphatic heterocycles. The molecule has 5 heteroatoms. The van der Waals surface area contributed by atoms with Gasteiger partial charge in [-0.3, -0.25) is 4.90 Å². The van der Waals surface area contributed by atoms with E-state index in [0.717, 1.165) is 0 Å². The van der Waals surface area contributed by atoms with Crippen molar-refractivity contribution in [1.29, 1.82) is 0 Å². The average Bonchev–Trinajstić information content (AvgIpc) is 1.82. The molecule has 0 unspecified atom stereocenters. The molecule has 0 radical (unpaired) electrons. The number of nitrogens with zero attached hydrogens (tertiary/aromatic N) is 1. The van der Waals surface area contributed by atoms with Gasteiger partial charge in [-0.25, -0.2) is 0 Å². The minimum Gasteiger partial charge on any atom is -0.312 e. The lowest BCUT2D eigenvalue weighted by atomic mass is 10.2. The minimum atomic E-state index is -4.06. The number of hydrogen-bond donors (Lipinski definition) is 1. The Morgan fingerprint density at radius 2 is 2.17 bits per heavy atom. The summed E-state index contributed by atoms with van der Waals surface area (Å²) in [5.74, 6) is 0. The second-order valence-electron chi connectivity index (χ2n) is 3.21. The van der Waals surface area contributed by atoms with Crippen LogP contribution < -0.4 is 5.32 Å². The van der Waals surface area contributed by atoms with Gasteiger partial charge in [0.15, 0.2) is 0 Å². The van der Waals surface area contributed by atoms with Gasteiger partial charge in [0.05, 0.1) is 6.54 Å². The molecule has 0 aromatic rings. The number of nitrogens with one attached hydrogen (secondary N) is 1. The lowest BCUT2D eigenvalue weighted by Gasteiger charge is -2.32. The van der Waals surface area contributed by atoms with Gasteiger partial charge in [-0.15, -0.1) is 0 Å². The molecule has 12 heavy (non-hydrogen) atoms. The van der Waals surface area contributed by atoms with Crippen molar-refractivity contribution in [2.24, 2.45) is 0 Å². The van der Waals surface area contributed by atoms with Crippen molar-refractivity contribution in [3.8, 4) is 0 Å². The smallest absolute Gasteiger partial charge is 0.312 e. The molecule has 0 saturated carbocycles. The fraction of sp³-hybridized carbons (Fsp3) is 1.00. The first kappa shape index (κ1) is 9.80. The zero-order valence-corrected chi connectivity index (χ0v) is 6.99. The van der Waals surface area contributed by atoms with Crippen LogP contribution in [-0.2, 0) is 0 Å². The van der Waals surface area contributed by atoms with Crippen LogP contribution in [0.5, 0.6) is 0 Å². The van der Waals surface area contributed by atoms with Gasteiger partial charge in [-0.05, 0) is 6.92 Å². The molecule has 1 N–H and O–H groups in total. The molecule has 1 aliphatic rings. The van der Waals surface area contributed by atoms with E-state index in [1.54, 1.807) is 0 Å². The van der Waals surface area contributed by atoms with Crippen molar-refractivity contribution in [1.82, 2.24) is 10.2 Å². The van der Waals surface area contributed by atoms with Crippen LogP contribution in [0.25, 0.3) is 0 Å². The molecule has 0 aromatic heterocycles. The summed E-state index contributed by atoms with van der Waals surface area (Å²) in [6.07, 6.45) is -4.06. The van der Waals surface area contributed by atoms with Gasteiger partial charge in [0.2, 0.25) is 0 Å². The van der Waals surface area contributed by atoms with Gasteiger partial charge in [0, 0.05) is 25.7 Å². The van der Waals surface area contributed by atoms with E-state index in [2.05, 4.69) is 5.32 Å². The van der Waals surface area contributed by atoms with E-state index < -0.39 is 12.7 Å². The zero-order valence-electron chi connectivity index (χ0n) is 6.99. The third-order valence-electron chi connectivity index (χ3n) is 1.86. The van der Waals surface area contributed by atoms with Gasteiger partial charge in [-0.2, -0.15) is 13.2 Å². The largest absolute Gasteiger partial charge is 0.401 e. The summed E-state index contributed by atoms with van der Waals surface area (Å²) in [5, 5.41) is 3.09. The van der Waals surface area contributed by atoms with E-state index in [1.165, 1.54) is 4.90 Å². The molecule has 1 atom stereocenters. The van der Waals surface area contributed by atoms with Gasteiger partial charge in [-0.1, -0.05) is 0 Å². The first-order chi connectivity index (χ1) is 5.47. The highest BCUT2D eigenvalue weighted by atomic mass is 19.4. The molecule has 1 rings (SSSR count). The van der Waals surface area contributed by atoms with Crippen LogP contribution in [0.2, 0.25) is 0 Å². The highest BCUT2D eigenvalue weighted by Crippen LogP contribution is 2.16. The summed E-state index contributed by atoms with van der Waals surface area (Å²) < 4.78 is 35.7. The van der Waals surface area contributed by atoms with Gasteiger partial charge >= 0.3 is 6.18 Å². The van der Waals surface area contributed by atoms with Crippen molar-refractivity contribution in [2.45, 2.75) is 19.1 Å². The maximum atomic E-state index is 11.9. The molecule has 72 valence electrons. The van der Waals surface area contributed by atoms with Crippen LogP contribution in [-0.4, -0.2) is 43.3 Å². The van der Waals surface area contributed by atoms with Gasteiger partial charge in [0.25, 0.3) is 0 Å². The number of alkyl halides is 3. The van der Waals surface area contributed by atoms with E-state index in [0.29, 0.717) is 19.6 Å². The molecule has 0 aromatic carbocycles. The molecule has 1 heterocycles. The van der Waals surface area contributed by atoms with Crippen molar-refractivity contribution >= 4 is 0 Å². The normalized spacial score (nSPS) is 27.5. The summed E-state index contributed by atoms with van der Waals surface area (Å²) in [5.41, 5.74) is 0. The predicted octanol–water partition coefficient (Wildman–Crippen LogP) is 0.842. The second kappa shape index (κ2) is 3.62. The zero-order chi connectivity index (χ0) is 9.19. The quantitative estimate of drug-likeness (QED) is 0.646. The monoisotopic (exact) mass is 182 g/mol. The topological polar surface area (TPSA) is 15.3 Å². The van der Waals surface area contributed by atoms with E-state index in [9.17, 15) is 13.2 Å². The summed E-state index contributed by atoms with van der Waals surface area (Å²) in [4.78, 5) is 1.43. The Morgan fingerprint density at radius 3 is 2.67 bits per heavy atom. The van der Waals surface area contributed by atoms with Crippen molar-refractivity contribution in [3.05, 3.63) is 0 Å². The molecule has 0 spiro atoms. The Kier molecular flexibility index (Phi) is 2.95. The minimum absolute atomic E-state index is 0.168. The van der Waals surface area contributed by atoms with Crippen LogP contribution in [0.15, 0.2) is 0 Å². The number of rotatable bonds is 1. The molecule has 1 saturated heterocycles. The van der Waals surface area contributed by atoms with Gasteiger partial charge in [0.1, 0.15) is 0 Å². The molecular formula is C7H13F3N2. The lowest BCUT2D eigenvalue weighted by molar-refractivity contribution is -0.147. The van der Waals surface area contributed by atoms with E-state index in [4.69, 9.17) is 0 Å². The molecule has 0 amide bonds. The molecule has 1 fully saturated rings. The van der Waals surface area contributed by atoms with E-state index >= 15 is 0 Å². The number of halogens is 3. The third kappa shape index (κ3) is 3.40. The average molecular weight is 182 g/mol. The Bertz CT molecular complexity index is 146. The Labute approximate surface area is 69.7 Å². The van der Waals surface area contributed by atoms with Gasteiger partial charge < -0.3 is 5.32 Å². The fourth-order valence-electron chi connectivity index (χ4n) is 1.41. The van der Waals surface area contributed by atoms with E-state index in [1.807, 2.05) is 6.92 Å². The summed E-state index contributed by atoms with van der Waals surface area (Å²) in [6, 6.07) is 0.168. The van der Waals surface area contributed by atoms with Crippen LogP contribution in [0.3, 0.4) is 0 Å². The molecule has 2 nitrogen and oxygen atoms in total. The maximum absolute atomic E-state index is 11.9. The fourth-order valence-corrected chi connectivity index (χ4v) is 1.41. The molecular weight excluding hydrogens is 169 g/mol. The third-order valence-corrected chi connectivity index (χ3v) is 1.86. The van der Waals surface area contributed by atoms with Crippen molar-refractivity contribution in [3.63, 3.8) is 0 Å². The second-order valence-corrected chi connectivity index (χ2v) is 3.21. The van der Waals surface area contributed by atoms with Crippen molar-refractivity contribution in [2.75, 3.05) is 26.2 Å². The maximum Gasteiger partial charge on any atom is 0.401 e. The highest BCUT2D eigenvalue weighted by Gasteiger charge is 2.31. The number of hydrogen-bond acceptors (Lipinski definition) is 2.